The van der Waals surface area contributed by atoms with Gasteiger partial charge in [0, 0.05) is 52.4 Å². The number of aliphatic hydroxyl groups is 1. The van der Waals surface area contributed by atoms with Gasteiger partial charge in [-0.05, 0) is 81.2 Å². The van der Waals surface area contributed by atoms with Crippen LogP contribution in [0.4, 0.5) is 0 Å². The molecule has 2 atom stereocenters. The van der Waals surface area contributed by atoms with E-state index in [9.17, 15) is 14.7 Å². The number of fused-ring (bicyclic) bond motifs is 2. The van der Waals surface area contributed by atoms with Crippen molar-refractivity contribution in [3.63, 3.8) is 0 Å². The fraction of sp³-hybridized carbons (Fsp3) is 0.781. The number of hydrogen-bond donors (Lipinski definition) is 5. The minimum atomic E-state index is -0.689. The number of primary amides is 1. The number of amides is 2. The maximum atomic E-state index is 11.0. The molecular formula is C32H62N5O4Y-. The summed E-state index contributed by atoms with van der Waals surface area (Å²) >= 11 is 0. The van der Waals surface area contributed by atoms with Gasteiger partial charge in [-0.2, -0.15) is 0 Å². The Morgan fingerprint density at radius 1 is 1.07 bits per heavy atom. The number of aliphatic hydroxyl groups excluding tert-OH is 1. The van der Waals surface area contributed by atoms with E-state index in [4.69, 9.17) is 15.9 Å². The van der Waals surface area contributed by atoms with E-state index in [0.717, 1.165) is 55.6 Å². The van der Waals surface area contributed by atoms with Gasteiger partial charge in [0.15, 0.2) is 0 Å². The molecule has 2 unspecified atom stereocenters. The molecule has 0 aromatic rings. The van der Waals surface area contributed by atoms with Crippen LogP contribution in [-0.4, -0.2) is 42.9 Å². The largest absolute Gasteiger partial charge is 0.693 e. The van der Waals surface area contributed by atoms with Crippen molar-refractivity contribution in [2.75, 3.05) is 13.7 Å². The van der Waals surface area contributed by atoms with Gasteiger partial charge in [-0.15, -0.1) is 0 Å². The second-order valence-electron chi connectivity index (χ2n) is 11.6. The number of carbonyl (C=O) groups excluding carboxylic acids is 2. The number of nitrogens with two attached hydrogens (primary N) is 2. The summed E-state index contributed by atoms with van der Waals surface area (Å²) in [7, 11) is 1.71. The van der Waals surface area contributed by atoms with Crippen molar-refractivity contribution < 1.29 is 52.1 Å². The van der Waals surface area contributed by atoms with E-state index in [0.29, 0.717) is 12.5 Å². The van der Waals surface area contributed by atoms with E-state index in [1.165, 1.54) is 44.9 Å². The van der Waals surface area contributed by atoms with Crippen LogP contribution in [0, 0.1) is 35.0 Å². The molecule has 3 aliphatic carbocycles. The first-order valence-corrected chi connectivity index (χ1v) is 15.5. The minimum absolute atomic E-state index is 0. The van der Waals surface area contributed by atoms with Gasteiger partial charge < -0.3 is 37.8 Å². The van der Waals surface area contributed by atoms with E-state index in [1.807, 2.05) is 34.6 Å². The van der Waals surface area contributed by atoms with Gasteiger partial charge in [0.05, 0.1) is 12.7 Å². The average Bonchev–Trinajstić information content (AvgIpc) is 3.43. The molecule has 2 amide bonds. The van der Waals surface area contributed by atoms with Crippen LogP contribution in [0.1, 0.15) is 112 Å². The van der Waals surface area contributed by atoms with Crippen molar-refractivity contribution in [3.05, 3.63) is 29.9 Å². The summed E-state index contributed by atoms with van der Waals surface area (Å²) < 4.78 is 5.39. The van der Waals surface area contributed by atoms with Crippen molar-refractivity contribution in [1.29, 1.82) is 5.41 Å². The summed E-state index contributed by atoms with van der Waals surface area (Å²) in [5.74, 6) is 3.51. The zero-order valence-electron chi connectivity index (χ0n) is 27.6. The second-order valence-corrected chi connectivity index (χ2v) is 11.6. The number of nitrogens with one attached hydrogen (secondary N) is 3. The summed E-state index contributed by atoms with van der Waals surface area (Å²) in [4.78, 5) is 21.9. The van der Waals surface area contributed by atoms with Crippen molar-refractivity contribution >= 4 is 18.0 Å². The van der Waals surface area contributed by atoms with Crippen LogP contribution in [0.25, 0.3) is 6.15 Å². The topological polar surface area (TPSA) is 171 Å². The number of allylic oxidation sites excluding steroid dienone is 1. The standard InChI is InChI=1S/C11H19N3O2.C10H18O.C9H17NO.C2H6.H2N.Y/c1-4-5-14-11(16-7-8(2)3)9(6-12)10(13)15;1-7-2-8-4-9(3-7)6-10(11)5-8;1-10-9(11)7-6-8-4-2-3-5-8;1-2;;/h4-6,8,12,14H,7H2,1-3H3,(H2,13,15);7-11H,2-6H2,1H3;8H,2-7H2,1H3,(H,10,11);1-2H3;1H2;/q;;;;-1;/b5-4+,11-9-,12-6?;;;;;. The van der Waals surface area contributed by atoms with E-state index in [2.05, 4.69) is 17.6 Å². The zero-order chi connectivity index (χ0) is 30.5. The molecule has 42 heavy (non-hydrogen) atoms. The average molecular weight is 670 g/mol. The zero-order valence-corrected chi connectivity index (χ0v) is 30.4. The molecule has 3 rings (SSSR count). The van der Waals surface area contributed by atoms with Crippen LogP contribution >= 0.6 is 0 Å². The van der Waals surface area contributed by atoms with Gasteiger partial charge in [0.1, 0.15) is 5.57 Å². The summed E-state index contributed by atoms with van der Waals surface area (Å²) in [6.45, 7) is 12.6. The second kappa shape index (κ2) is 27.3. The van der Waals surface area contributed by atoms with Gasteiger partial charge in [-0.3, -0.25) is 9.59 Å². The quantitative estimate of drug-likeness (QED) is 0.0981. The van der Waals surface area contributed by atoms with Gasteiger partial charge in [0.25, 0.3) is 5.91 Å². The van der Waals surface area contributed by atoms with Crippen molar-refractivity contribution in [2.45, 2.75) is 118 Å². The minimum Gasteiger partial charge on any atom is -0.693 e. The van der Waals surface area contributed by atoms with Crippen LogP contribution in [0.2, 0.25) is 0 Å². The third kappa shape index (κ3) is 20.6. The van der Waals surface area contributed by atoms with Crippen LogP contribution < -0.4 is 16.4 Å². The Kier molecular flexibility index (Phi) is 29.3. The number of carbonyl (C=O) groups is 2. The fourth-order valence-electron chi connectivity index (χ4n) is 5.76. The third-order valence-corrected chi connectivity index (χ3v) is 7.48. The Labute approximate surface area is 282 Å². The number of hydrogen-bond acceptors (Lipinski definition) is 6. The molecule has 9 nitrogen and oxygen atoms in total. The van der Waals surface area contributed by atoms with Crippen molar-refractivity contribution in [1.82, 2.24) is 10.6 Å². The Morgan fingerprint density at radius 2 is 1.62 bits per heavy atom. The predicted octanol–water partition coefficient (Wildman–Crippen LogP) is 6.77. The van der Waals surface area contributed by atoms with E-state index >= 15 is 0 Å². The first kappa shape index (κ1) is 45.1. The first-order chi connectivity index (χ1) is 19.1. The van der Waals surface area contributed by atoms with Crippen LogP contribution in [-0.2, 0) is 47.0 Å². The summed E-state index contributed by atoms with van der Waals surface area (Å²) in [6.07, 6.45) is 17.8. The van der Waals surface area contributed by atoms with E-state index in [1.54, 1.807) is 19.3 Å². The van der Waals surface area contributed by atoms with Crippen LogP contribution in [0.15, 0.2) is 23.7 Å². The van der Waals surface area contributed by atoms with Gasteiger partial charge in [-0.25, -0.2) is 0 Å². The Morgan fingerprint density at radius 3 is 2.05 bits per heavy atom. The Hall–Kier alpha value is -1.29. The molecule has 0 spiro atoms. The normalized spacial score (nSPS) is 23.1. The molecule has 243 valence electrons. The first-order valence-electron chi connectivity index (χ1n) is 15.5. The SMILES string of the molecule is C/C=C/N/C(OCC(C)C)=C(\C=N)C(N)=O.CC.CC1CC2CC(O)CC(C1)C2.CNC(=O)CCC1CCCC1.[NH2-].[Y]. The number of rotatable bonds is 10. The summed E-state index contributed by atoms with van der Waals surface area (Å²) in [6, 6.07) is 0. The van der Waals surface area contributed by atoms with Crippen molar-refractivity contribution in [2.24, 2.45) is 35.3 Å². The molecule has 2 bridgehead atoms. The van der Waals surface area contributed by atoms with Gasteiger partial charge in [-0.1, -0.05) is 66.4 Å². The molecular weight excluding hydrogens is 607 g/mol. The molecule has 3 saturated carbocycles. The molecule has 0 heterocycles. The molecule has 3 fully saturated rings. The molecule has 3 aliphatic rings. The summed E-state index contributed by atoms with van der Waals surface area (Å²) in [5, 5.41) is 22.0. The predicted molar refractivity (Wildman–Crippen MR) is 171 cm³/mol. The Bertz CT molecular complexity index is 751. The van der Waals surface area contributed by atoms with Gasteiger partial charge in [0.2, 0.25) is 11.8 Å². The van der Waals surface area contributed by atoms with E-state index in [-0.39, 0.29) is 62.3 Å². The molecule has 1 radical (unpaired) electrons. The smallest absolute Gasteiger partial charge is 0.255 e. The monoisotopic (exact) mass is 669 g/mol. The van der Waals surface area contributed by atoms with E-state index < -0.39 is 5.91 Å². The number of ether oxygens (including phenoxy) is 1. The maximum absolute atomic E-state index is 11.0. The Balaban J connectivity index is -0.000000524. The van der Waals surface area contributed by atoms with Gasteiger partial charge >= 0.3 is 0 Å². The third-order valence-electron chi connectivity index (χ3n) is 7.48. The molecule has 0 aromatic carbocycles. The molecule has 10 heteroatoms. The molecule has 0 aliphatic heterocycles. The van der Waals surface area contributed by atoms with Crippen LogP contribution in [0.5, 0.6) is 0 Å². The molecule has 0 aromatic heterocycles. The molecule has 8 N–H and O–H groups in total. The fourth-order valence-corrected chi connectivity index (χ4v) is 5.76. The summed E-state index contributed by atoms with van der Waals surface area (Å²) in [5.41, 5.74) is 5.16. The molecule has 0 saturated heterocycles. The maximum Gasteiger partial charge on any atom is 0.255 e. The van der Waals surface area contributed by atoms with Crippen molar-refractivity contribution in [3.8, 4) is 0 Å². The van der Waals surface area contributed by atoms with Crippen LogP contribution in [0.3, 0.4) is 0 Å².